The zero-order chi connectivity index (χ0) is 27.5. The van der Waals surface area contributed by atoms with E-state index >= 15 is 0 Å². The summed E-state index contributed by atoms with van der Waals surface area (Å²) in [6.45, 7) is 1.96. The molecule has 6 rings (SSSR count). The van der Waals surface area contributed by atoms with Gasteiger partial charge in [0.1, 0.15) is 0 Å². The molecule has 0 saturated heterocycles. The summed E-state index contributed by atoms with van der Waals surface area (Å²) in [6.07, 6.45) is 3.92. The van der Waals surface area contributed by atoms with Crippen molar-refractivity contribution >= 4 is 21.2 Å². The molecule has 0 saturated carbocycles. The summed E-state index contributed by atoms with van der Waals surface area (Å²) in [5.41, 5.74) is 7.85. The van der Waals surface area contributed by atoms with E-state index in [1.54, 1.807) is 18.3 Å². The largest absolute Gasteiger partial charge is 0.264 e. The second kappa shape index (κ2) is 10.8. The minimum atomic E-state index is -3.89. The fraction of sp³-hybridized carbons (Fsp3) is 0.0556. The number of hydrogen-bond acceptors (Lipinski definition) is 2. The number of nitrogens with zero attached hydrogens (tertiary/aromatic N) is 1. The Balaban J connectivity index is 1.61. The lowest BCUT2D eigenvalue weighted by Crippen LogP contribution is -2.34. The Kier molecular flexibility index (Phi) is 6.93. The smallest absolute Gasteiger partial charge is 0.261 e. The average Bonchev–Trinajstić information content (AvgIpc) is 3.01. The van der Waals surface area contributed by atoms with E-state index in [1.807, 2.05) is 104 Å². The maximum Gasteiger partial charge on any atom is 0.264 e. The second-order valence-corrected chi connectivity index (χ2v) is 11.8. The molecule has 0 radical (unpaired) electrons. The Bertz CT molecular complexity index is 1750. The molecule has 0 N–H and O–H groups in total. The maximum atomic E-state index is 14.3. The molecular weight excluding hydrogens is 510 g/mol. The lowest BCUT2D eigenvalue weighted by atomic mass is 9.86. The molecule has 0 spiro atoms. The molecule has 0 aliphatic carbocycles. The fourth-order valence-electron chi connectivity index (χ4n) is 5.26. The highest BCUT2D eigenvalue weighted by Crippen LogP contribution is 2.43. The quantitative estimate of drug-likeness (QED) is 0.218. The lowest BCUT2D eigenvalue weighted by molar-refractivity contribution is 0.445. The van der Waals surface area contributed by atoms with Crippen LogP contribution in [-0.2, 0) is 10.0 Å². The van der Waals surface area contributed by atoms with E-state index in [1.165, 1.54) is 4.31 Å². The molecule has 1 aliphatic heterocycles. The summed E-state index contributed by atoms with van der Waals surface area (Å²) in [6, 6.07) is 45.0. The Labute approximate surface area is 236 Å². The van der Waals surface area contributed by atoms with Gasteiger partial charge in [0.05, 0.1) is 10.9 Å². The molecule has 0 bridgehead atoms. The molecule has 5 aromatic carbocycles. The van der Waals surface area contributed by atoms with Crippen LogP contribution in [0.5, 0.6) is 0 Å². The van der Waals surface area contributed by atoms with Crippen molar-refractivity contribution in [3.63, 3.8) is 0 Å². The minimum Gasteiger partial charge on any atom is -0.261 e. The van der Waals surface area contributed by atoms with Crippen LogP contribution >= 0.6 is 0 Å². The van der Waals surface area contributed by atoms with Crippen molar-refractivity contribution in [2.24, 2.45) is 0 Å². The van der Waals surface area contributed by atoms with Gasteiger partial charge < -0.3 is 0 Å². The Morgan fingerprint density at radius 3 is 1.77 bits per heavy atom. The molecule has 0 fully saturated rings. The van der Waals surface area contributed by atoms with E-state index in [0.717, 1.165) is 44.5 Å². The van der Waals surface area contributed by atoms with Gasteiger partial charge in [-0.05, 0) is 64.1 Å². The summed E-state index contributed by atoms with van der Waals surface area (Å²) >= 11 is 0. The van der Waals surface area contributed by atoms with E-state index in [0.29, 0.717) is 0 Å². The zero-order valence-corrected chi connectivity index (χ0v) is 23.0. The van der Waals surface area contributed by atoms with Gasteiger partial charge in [-0.2, -0.15) is 0 Å². The van der Waals surface area contributed by atoms with Crippen LogP contribution in [0.1, 0.15) is 39.4 Å². The van der Waals surface area contributed by atoms with E-state index in [4.69, 9.17) is 0 Å². The first-order chi connectivity index (χ1) is 19.5. The average molecular weight is 540 g/mol. The third-order valence-corrected chi connectivity index (χ3v) is 9.01. The van der Waals surface area contributed by atoms with Crippen molar-refractivity contribution in [1.82, 2.24) is 4.31 Å². The molecule has 1 atom stereocenters. The summed E-state index contributed by atoms with van der Waals surface area (Å²) < 4.78 is 30.2. The monoisotopic (exact) mass is 539 g/mol. The molecule has 40 heavy (non-hydrogen) atoms. The summed E-state index contributed by atoms with van der Waals surface area (Å²) in [5.74, 6) is 0. The highest BCUT2D eigenvalue weighted by Gasteiger charge is 2.36. The van der Waals surface area contributed by atoms with E-state index in [9.17, 15) is 8.42 Å². The van der Waals surface area contributed by atoms with Crippen molar-refractivity contribution in [2.45, 2.75) is 17.9 Å². The van der Waals surface area contributed by atoms with Gasteiger partial charge in [0.25, 0.3) is 10.0 Å². The normalized spacial score (nSPS) is 14.7. The standard InChI is InChI=1S/C36H29NO2S/c1-27-21-23-32(24-22-27)40(38,39)37-26-31(25-35(28-13-5-2-6-14-28)29-15-7-3-8-16-29)33-19-11-12-20-34(33)36(37)30-17-9-4-10-18-30/h2-26,36H,1H3. The number of aryl methyl sites for hydroxylation is 1. The molecule has 196 valence electrons. The lowest BCUT2D eigenvalue weighted by Gasteiger charge is -2.36. The highest BCUT2D eigenvalue weighted by atomic mass is 32.2. The molecular formula is C36H29NO2S. The molecule has 5 aromatic rings. The van der Waals surface area contributed by atoms with Gasteiger partial charge in [-0.25, -0.2) is 8.42 Å². The minimum absolute atomic E-state index is 0.268. The van der Waals surface area contributed by atoms with Crippen molar-refractivity contribution in [3.05, 3.63) is 185 Å². The van der Waals surface area contributed by atoms with Crippen LogP contribution in [0.25, 0.3) is 11.1 Å². The molecule has 0 amide bonds. The molecule has 1 heterocycles. The van der Waals surface area contributed by atoms with Crippen LogP contribution in [0.4, 0.5) is 0 Å². The van der Waals surface area contributed by atoms with Crippen LogP contribution < -0.4 is 0 Å². The van der Waals surface area contributed by atoms with E-state index in [-0.39, 0.29) is 4.90 Å². The van der Waals surface area contributed by atoms with Crippen molar-refractivity contribution in [3.8, 4) is 0 Å². The molecule has 3 nitrogen and oxygen atoms in total. The first kappa shape index (κ1) is 25.6. The first-order valence-corrected chi connectivity index (χ1v) is 14.8. The summed E-state index contributed by atoms with van der Waals surface area (Å²) in [5, 5.41) is 0. The fourth-order valence-corrected chi connectivity index (χ4v) is 6.75. The molecule has 4 heteroatoms. The van der Waals surface area contributed by atoms with E-state index < -0.39 is 16.1 Å². The molecule has 1 unspecified atom stereocenters. The predicted octanol–water partition coefficient (Wildman–Crippen LogP) is 8.26. The van der Waals surface area contributed by atoms with Gasteiger partial charge in [-0.1, -0.05) is 133 Å². The highest BCUT2D eigenvalue weighted by molar-refractivity contribution is 7.89. The SMILES string of the molecule is Cc1ccc(S(=O)(=O)N2C=C(C=C(c3ccccc3)c3ccccc3)c3ccccc3C2c2ccccc2)cc1. The first-order valence-electron chi connectivity index (χ1n) is 13.3. The predicted molar refractivity (Wildman–Crippen MR) is 163 cm³/mol. The Morgan fingerprint density at radius 2 is 1.18 bits per heavy atom. The van der Waals surface area contributed by atoms with Crippen LogP contribution in [0.15, 0.2) is 157 Å². The number of benzene rings is 5. The Hall–Kier alpha value is -4.67. The second-order valence-electron chi connectivity index (χ2n) is 9.92. The topological polar surface area (TPSA) is 37.4 Å². The zero-order valence-electron chi connectivity index (χ0n) is 22.2. The van der Waals surface area contributed by atoms with Gasteiger partial charge >= 0.3 is 0 Å². The van der Waals surface area contributed by atoms with Gasteiger partial charge in [0.2, 0.25) is 0 Å². The molecule has 1 aliphatic rings. The van der Waals surface area contributed by atoms with Crippen LogP contribution in [0.3, 0.4) is 0 Å². The maximum absolute atomic E-state index is 14.3. The van der Waals surface area contributed by atoms with Gasteiger partial charge in [0.15, 0.2) is 0 Å². The number of allylic oxidation sites excluding steroid dienone is 2. The van der Waals surface area contributed by atoms with Crippen molar-refractivity contribution < 1.29 is 8.42 Å². The van der Waals surface area contributed by atoms with E-state index in [2.05, 4.69) is 36.4 Å². The van der Waals surface area contributed by atoms with Crippen molar-refractivity contribution in [1.29, 1.82) is 0 Å². The number of fused-ring (bicyclic) bond motifs is 1. The number of sulfonamides is 1. The summed E-state index contributed by atoms with van der Waals surface area (Å²) in [7, 11) is -3.89. The van der Waals surface area contributed by atoms with Gasteiger partial charge in [-0.15, -0.1) is 0 Å². The number of hydrogen-bond donors (Lipinski definition) is 0. The third-order valence-electron chi connectivity index (χ3n) is 7.27. The van der Waals surface area contributed by atoms with Crippen LogP contribution in [0.2, 0.25) is 0 Å². The summed E-state index contributed by atoms with van der Waals surface area (Å²) in [4.78, 5) is 0.268. The van der Waals surface area contributed by atoms with Gasteiger partial charge in [-0.3, -0.25) is 4.31 Å². The Morgan fingerprint density at radius 1 is 0.650 bits per heavy atom. The van der Waals surface area contributed by atoms with Crippen molar-refractivity contribution in [2.75, 3.05) is 0 Å². The number of rotatable bonds is 6. The van der Waals surface area contributed by atoms with Crippen LogP contribution in [0, 0.1) is 6.92 Å². The molecule has 0 aromatic heterocycles. The third kappa shape index (κ3) is 4.90. The van der Waals surface area contributed by atoms with Crippen LogP contribution in [-0.4, -0.2) is 12.7 Å². The van der Waals surface area contributed by atoms with Gasteiger partial charge in [0, 0.05) is 6.20 Å².